The molecule has 3 atom stereocenters. The van der Waals surface area contributed by atoms with E-state index >= 15 is 0 Å². The first-order chi connectivity index (χ1) is 19.5. The lowest BCUT2D eigenvalue weighted by molar-refractivity contribution is -0.117. The number of ketones is 1. The van der Waals surface area contributed by atoms with Crippen molar-refractivity contribution in [3.05, 3.63) is 77.9 Å². The van der Waals surface area contributed by atoms with Crippen molar-refractivity contribution >= 4 is 11.9 Å². The van der Waals surface area contributed by atoms with Gasteiger partial charge >= 0.3 is 6.09 Å². The minimum Gasteiger partial charge on any atom is -0.497 e. The van der Waals surface area contributed by atoms with E-state index in [1.54, 1.807) is 14.0 Å². The average Bonchev–Trinajstić information content (AvgIpc) is 2.97. The fourth-order valence-corrected chi connectivity index (χ4v) is 5.23. The Hall–Kier alpha value is -3.12. The fraction of sp³-hybridized carbons (Fsp3) is 0.529. The van der Waals surface area contributed by atoms with E-state index < -0.39 is 0 Å². The van der Waals surface area contributed by atoms with Gasteiger partial charge in [0.15, 0.2) is 0 Å². The van der Waals surface area contributed by atoms with Crippen molar-refractivity contribution in [2.75, 3.05) is 7.11 Å². The first-order valence-corrected chi connectivity index (χ1v) is 14.9. The summed E-state index contributed by atoms with van der Waals surface area (Å²) in [5.74, 6) is 1.11. The van der Waals surface area contributed by atoms with Gasteiger partial charge in [-0.1, -0.05) is 80.3 Å². The first kappa shape index (κ1) is 31.4. The minimum atomic E-state index is -0.297. The van der Waals surface area contributed by atoms with Crippen LogP contribution >= 0.6 is 0 Å². The van der Waals surface area contributed by atoms with E-state index in [1.807, 2.05) is 59.5 Å². The van der Waals surface area contributed by atoms with Crippen LogP contribution in [-0.4, -0.2) is 42.1 Å². The quantitative estimate of drug-likeness (QED) is 0.157. The van der Waals surface area contributed by atoms with Crippen LogP contribution in [0, 0.1) is 0 Å². The van der Waals surface area contributed by atoms with Crippen molar-refractivity contribution in [3.8, 4) is 5.75 Å². The normalized spacial score (nSPS) is 19.1. The Morgan fingerprint density at radius 1 is 0.875 bits per heavy atom. The Bertz CT molecular complexity index is 1040. The van der Waals surface area contributed by atoms with Gasteiger partial charge in [0, 0.05) is 6.42 Å². The smallest absolute Gasteiger partial charge is 0.410 e. The van der Waals surface area contributed by atoms with Crippen LogP contribution in [0.1, 0.15) is 89.2 Å². The van der Waals surface area contributed by atoms with Crippen molar-refractivity contribution in [2.45, 2.75) is 109 Å². The zero-order chi connectivity index (χ0) is 28.6. The zero-order valence-corrected chi connectivity index (χ0v) is 24.6. The number of amides is 1. The van der Waals surface area contributed by atoms with Crippen LogP contribution in [0.2, 0.25) is 0 Å². The summed E-state index contributed by atoms with van der Waals surface area (Å²) in [7, 11) is 1.66. The number of Topliss-reactive ketones (excluding diaryl/α,β-unsaturated/α-hetero) is 1. The fourth-order valence-electron chi connectivity index (χ4n) is 5.23. The Morgan fingerprint density at radius 2 is 1.55 bits per heavy atom. The van der Waals surface area contributed by atoms with Crippen LogP contribution in [0.25, 0.3) is 0 Å². The molecule has 6 heteroatoms. The number of nitrogens with zero attached hydrogens (tertiary/aromatic N) is 1. The number of allylic oxidation sites excluding steroid dienone is 1. The molecule has 2 aromatic rings. The molecule has 0 radical (unpaired) electrons. The monoisotopic (exact) mass is 549 g/mol. The molecule has 0 saturated carbocycles. The lowest BCUT2D eigenvalue weighted by Crippen LogP contribution is -2.54. The van der Waals surface area contributed by atoms with Gasteiger partial charge in [-0.25, -0.2) is 4.79 Å². The third kappa shape index (κ3) is 10.8. The molecule has 0 N–H and O–H groups in total. The molecule has 1 amide bonds. The highest BCUT2D eigenvalue weighted by Gasteiger charge is 2.38. The van der Waals surface area contributed by atoms with Crippen LogP contribution in [0.3, 0.4) is 0 Å². The van der Waals surface area contributed by atoms with Crippen LogP contribution in [0.4, 0.5) is 4.79 Å². The summed E-state index contributed by atoms with van der Waals surface area (Å²) in [5.41, 5.74) is 2.05. The van der Waals surface area contributed by atoms with E-state index in [0.29, 0.717) is 13.0 Å². The van der Waals surface area contributed by atoms with Crippen molar-refractivity contribution in [1.29, 1.82) is 0 Å². The summed E-state index contributed by atoms with van der Waals surface area (Å²) in [6.07, 6.45) is 14.3. The van der Waals surface area contributed by atoms with Gasteiger partial charge in [0.2, 0.25) is 0 Å². The number of piperidine rings is 1. The molecule has 0 bridgehead atoms. The Labute approximate surface area is 240 Å². The van der Waals surface area contributed by atoms with Gasteiger partial charge in [-0.15, -0.1) is 0 Å². The van der Waals surface area contributed by atoms with Gasteiger partial charge in [0.05, 0.1) is 31.9 Å². The summed E-state index contributed by atoms with van der Waals surface area (Å²) >= 11 is 0. The van der Waals surface area contributed by atoms with Crippen LogP contribution < -0.4 is 4.74 Å². The highest BCUT2D eigenvalue weighted by molar-refractivity contribution is 5.75. The molecule has 0 spiro atoms. The number of benzene rings is 2. The van der Waals surface area contributed by atoms with E-state index in [1.165, 1.54) is 19.3 Å². The molecule has 1 aliphatic rings. The molecule has 1 aliphatic heterocycles. The summed E-state index contributed by atoms with van der Waals surface area (Å²) < 4.78 is 17.4. The average molecular weight is 550 g/mol. The SMILES string of the molecule is COc1ccc(CO[C@@H]2CC[C@@H](/C=C/CCCCCCCCC(C)=O)N(C(=O)OCc3ccccc3)[C@@H]2C)cc1. The Balaban J connectivity index is 1.53. The predicted molar refractivity (Wildman–Crippen MR) is 159 cm³/mol. The van der Waals surface area contributed by atoms with Gasteiger partial charge in [-0.2, -0.15) is 0 Å². The highest BCUT2D eigenvalue weighted by Crippen LogP contribution is 2.29. The molecule has 218 valence electrons. The number of ether oxygens (including phenoxy) is 3. The summed E-state index contributed by atoms with van der Waals surface area (Å²) in [6, 6.07) is 17.6. The zero-order valence-electron chi connectivity index (χ0n) is 24.6. The molecule has 40 heavy (non-hydrogen) atoms. The number of hydrogen-bond donors (Lipinski definition) is 0. The molecule has 6 nitrogen and oxygen atoms in total. The lowest BCUT2D eigenvalue weighted by Gasteiger charge is -2.43. The molecule has 1 heterocycles. The molecule has 0 unspecified atom stereocenters. The standard InChI is InChI=1S/C34H47NO5/c1-27(36)15-11-8-6-4-5-7-9-14-18-31-21-24-33(39-25-30-19-22-32(38-3)23-20-30)28(2)35(31)34(37)40-26-29-16-12-10-13-17-29/h10,12-14,16-20,22-23,28,31,33H,4-9,11,15,21,24-26H2,1-3H3/b18-14+/t28-,31-,33-/m1/s1. The molecule has 3 rings (SSSR count). The van der Waals surface area contributed by atoms with E-state index in [2.05, 4.69) is 19.1 Å². The molecule has 2 aromatic carbocycles. The lowest BCUT2D eigenvalue weighted by atomic mass is 9.93. The van der Waals surface area contributed by atoms with Crippen LogP contribution in [-0.2, 0) is 27.5 Å². The van der Waals surface area contributed by atoms with Crippen molar-refractivity contribution in [2.24, 2.45) is 0 Å². The number of likely N-dealkylation sites (tertiary alicyclic amines) is 1. The van der Waals surface area contributed by atoms with Gasteiger partial charge in [-0.05, 0) is 69.2 Å². The number of hydrogen-bond acceptors (Lipinski definition) is 5. The Morgan fingerprint density at radius 3 is 2.25 bits per heavy atom. The maximum atomic E-state index is 13.4. The second kappa shape index (κ2) is 17.5. The number of carbonyl (C=O) groups is 2. The number of rotatable bonds is 16. The first-order valence-electron chi connectivity index (χ1n) is 14.9. The number of methoxy groups -OCH3 is 1. The third-order valence-electron chi connectivity index (χ3n) is 7.63. The number of carbonyl (C=O) groups excluding carboxylic acids is 2. The molecule has 0 aliphatic carbocycles. The molecule has 1 saturated heterocycles. The highest BCUT2D eigenvalue weighted by atomic mass is 16.6. The van der Waals surface area contributed by atoms with Crippen molar-refractivity contribution in [3.63, 3.8) is 0 Å². The van der Waals surface area contributed by atoms with E-state index in [0.717, 1.165) is 55.4 Å². The largest absolute Gasteiger partial charge is 0.497 e. The topological polar surface area (TPSA) is 65.1 Å². The second-order valence-corrected chi connectivity index (χ2v) is 10.8. The minimum absolute atomic E-state index is 0.00862. The van der Waals surface area contributed by atoms with Crippen LogP contribution in [0.15, 0.2) is 66.7 Å². The van der Waals surface area contributed by atoms with E-state index in [-0.39, 0.29) is 36.7 Å². The predicted octanol–water partition coefficient (Wildman–Crippen LogP) is 8.04. The van der Waals surface area contributed by atoms with Gasteiger partial charge in [0.25, 0.3) is 0 Å². The summed E-state index contributed by atoms with van der Waals surface area (Å²) in [5, 5.41) is 0. The molecule has 0 aromatic heterocycles. The van der Waals surface area contributed by atoms with Crippen LogP contribution in [0.5, 0.6) is 5.75 Å². The van der Waals surface area contributed by atoms with Crippen molar-refractivity contribution in [1.82, 2.24) is 4.90 Å². The number of unbranched alkanes of at least 4 members (excludes halogenated alkanes) is 6. The second-order valence-electron chi connectivity index (χ2n) is 10.8. The maximum Gasteiger partial charge on any atom is 0.410 e. The molecular formula is C34H47NO5. The van der Waals surface area contributed by atoms with E-state index in [9.17, 15) is 9.59 Å². The van der Waals surface area contributed by atoms with E-state index in [4.69, 9.17) is 14.2 Å². The van der Waals surface area contributed by atoms with Crippen molar-refractivity contribution < 1.29 is 23.8 Å². The Kier molecular flexibility index (Phi) is 13.8. The maximum absolute atomic E-state index is 13.4. The summed E-state index contributed by atoms with van der Waals surface area (Å²) in [6.45, 7) is 4.47. The molecular weight excluding hydrogens is 502 g/mol. The summed E-state index contributed by atoms with van der Waals surface area (Å²) in [4.78, 5) is 26.3. The molecule has 1 fully saturated rings. The van der Waals surface area contributed by atoms with Gasteiger partial charge in [0.1, 0.15) is 18.1 Å². The van der Waals surface area contributed by atoms with Gasteiger partial charge < -0.3 is 19.0 Å². The van der Waals surface area contributed by atoms with Gasteiger partial charge in [-0.3, -0.25) is 4.90 Å². The third-order valence-corrected chi connectivity index (χ3v) is 7.63.